The van der Waals surface area contributed by atoms with Crippen molar-refractivity contribution < 1.29 is 37.8 Å². The van der Waals surface area contributed by atoms with Crippen LogP contribution in [0.2, 0.25) is 10.0 Å². The molecule has 0 saturated heterocycles. The van der Waals surface area contributed by atoms with Crippen LogP contribution in [-0.2, 0) is 6.18 Å². The molecule has 0 saturated carbocycles. The molecule has 9 nitrogen and oxygen atoms in total. The van der Waals surface area contributed by atoms with Crippen LogP contribution in [0.15, 0.2) is 30.3 Å². The fourth-order valence-electron chi connectivity index (χ4n) is 3.32. The maximum atomic E-state index is 13.8. The number of benzene rings is 1. The molecule has 3 heterocycles. The van der Waals surface area contributed by atoms with Gasteiger partial charge in [0.05, 0.1) is 21.3 Å². The summed E-state index contributed by atoms with van der Waals surface area (Å²) in [6, 6.07) is 5.85. The number of carboxylic acid groups (broad SMARTS) is 2. The van der Waals surface area contributed by atoms with E-state index < -0.39 is 41.0 Å². The van der Waals surface area contributed by atoms with E-state index in [1.165, 1.54) is 25.1 Å². The Kier molecular flexibility index (Phi) is 6.41. The molecular weight excluding hydrogens is 548 g/mol. The number of thiophene rings is 1. The first-order valence-electron chi connectivity index (χ1n) is 9.62. The number of carbonyl (C=O) groups excluding carboxylic acids is 1. The van der Waals surface area contributed by atoms with Gasteiger partial charge in [0.15, 0.2) is 17.0 Å². The molecule has 0 unspecified atom stereocenters. The summed E-state index contributed by atoms with van der Waals surface area (Å²) in [7, 11) is 0. The number of halogens is 5. The molecule has 0 atom stereocenters. The smallest absolute Gasteiger partial charge is 0.433 e. The number of aromatic nitrogens is 3. The van der Waals surface area contributed by atoms with Crippen LogP contribution in [0.1, 0.15) is 41.8 Å². The Balaban J connectivity index is 1.80. The second-order valence-corrected chi connectivity index (χ2v) is 9.11. The lowest BCUT2D eigenvalue weighted by Crippen LogP contribution is -2.16. The van der Waals surface area contributed by atoms with Crippen molar-refractivity contribution in [1.82, 2.24) is 14.6 Å². The van der Waals surface area contributed by atoms with Crippen molar-refractivity contribution in [3.63, 3.8) is 0 Å². The Morgan fingerprint density at radius 1 is 1.06 bits per heavy atom. The summed E-state index contributed by atoms with van der Waals surface area (Å²) in [6.07, 6.45) is -4.89. The van der Waals surface area contributed by atoms with Crippen molar-refractivity contribution >= 4 is 63.0 Å². The molecular formula is C21H11Cl2F3N4O5S. The molecule has 0 spiro atoms. The lowest BCUT2D eigenvalue weighted by Gasteiger charge is -2.11. The highest BCUT2D eigenvalue weighted by molar-refractivity contribution is 7.18. The molecule has 0 aliphatic heterocycles. The van der Waals surface area contributed by atoms with Crippen molar-refractivity contribution in [2.75, 3.05) is 5.32 Å². The highest BCUT2D eigenvalue weighted by Crippen LogP contribution is 2.35. The van der Waals surface area contributed by atoms with Gasteiger partial charge in [0.2, 0.25) is 0 Å². The number of aromatic carboxylic acids is 2. The summed E-state index contributed by atoms with van der Waals surface area (Å²) in [4.78, 5) is 39.6. The van der Waals surface area contributed by atoms with E-state index in [0.717, 1.165) is 12.1 Å². The van der Waals surface area contributed by atoms with Crippen LogP contribution < -0.4 is 5.32 Å². The van der Waals surface area contributed by atoms with Crippen molar-refractivity contribution in [3.05, 3.63) is 67.8 Å². The van der Waals surface area contributed by atoms with E-state index in [-0.39, 0.29) is 42.4 Å². The molecule has 1 aromatic carbocycles. The van der Waals surface area contributed by atoms with Gasteiger partial charge >= 0.3 is 18.1 Å². The van der Waals surface area contributed by atoms with Crippen LogP contribution >= 0.6 is 34.5 Å². The number of alkyl halides is 3. The first-order valence-corrected chi connectivity index (χ1v) is 11.2. The summed E-state index contributed by atoms with van der Waals surface area (Å²) in [6.45, 7) is 1.26. The zero-order valence-electron chi connectivity index (χ0n) is 17.6. The summed E-state index contributed by atoms with van der Waals surface area (Å²) >= 11 is 12.3. The quantitative estimate of drug-likeness (QED) is 0.284. The Morgan fingerprint density at radius 3 is 2.33 bits per heavy atom. The zero-order valence-corrected chi connectivity index (χ0v) is 20.0. The van der Waals surface area contributed by atoms with Crippen LogP contribution in [0.4, 0.5) is 18.2 Å². The summed E-state index contributed by atoms with van der Waals surface area (Å²) < 4.78 is 41.9. The SMILES string of the molecule is Cc1c(C(=O)O)sc(NC(=O)c2cc3nc(-c4ccc(Cl)c(Cl)c4)cc(C(F)(F)F)n3n2)c1C(=O)O. The van der Waals surface area contributed by atoms with Gasteiger partial charge < -0.3 is 15.5 Å². The van der Waals surface area contributed by atoms with Gasteiger partial charge in [-0.3, -0.25) is 4.79 Å². The van der Waals surface area contributed by atoms with E-state index in [1.54, 1.807) is 0 Å². The van der Waals surface area contributed by atoms with Crippen LogP contribution in [0.25, 0.3) is 16.9 Å². The first kappa shape index (κ1) is 25.4. The molecule has 0 aliphatic carbocycles. The van der Waals surface area contributed by atoms with E-state index in [1.807, 2.05) is 0 Å². The highest BCUT2D eigenvalue weighted by Gasteiger charge is 2.36. The predicted octanol–water partition coefficient (Wildman–Crippen LogP) is 5.74. The molecule has 0 aliphatic rings. The van der Waals surface area contributed by atoms with Gasteiger partial charge in [-0.05, 0) is 30.7 Å². The largest absolute Gasteiger partial charge is 0.478 e. The number of anilines is 1. The van der Waals surface area contributed by atoms with Gasteiger partial charge in [0.1, 0.15) is 9.88 Å². The third-order valence-corrected chi connectivity index (χ3v) is 6.88. The summed E-state index contributed by atoms with van der Waals surface area (Å²) in [5, 5.41) is 24.6. The van der Waals surface area contributed by atoms with Crippen LogP contribution in [-0.4, -0.2) is 42.7 Å². The summed E-state index contributed by atoms with van der Waals surface area (Å²) in [5.41, 5.74) is -2.51. The minimum atomic E-state index is -4.89. The fourth-order valence-corrected chi connectivity index (χ4v) is 4.65. The van der Waals surface area contributed by atoms with E-state index in [4.69, 9.17) is 23.2 Å². The fraction of sp³-hybridized carbons (Fsp3) is 0.0952. The van der Waals surface area contributed by atoms with Gasteiger partial charge in [0, 0.05) is 11.6 Å². The normalized spacial score (nSPS) is 11.6. The van der Waals surface area contributed by atoms with Gasteiger partial charge in [0.25, 0.3) is 5.91 Å². The van der Waals surface area contributed by atoms with E-state index >= 15 is 0 Å². The average molecular weight is 559 g/mol. The Hall–Kier alpha value is -3.68. The number of hydrogen-bond acceptors (Lipinski definition) is 6. The molecule has 4 rings (SSSR count). The molecule has 0 bridgehead atoms. The third kappa shape index (κ3) is 4.59. The van der Waals surface area contributed by atoms with E-state index in [9.17, 15) is 37.8 Å². The number of nitrogens with one attached hydrogen (secondary N) is 1. The average Bonchev–Trinajstić information content (AvgIpc) is 3.35. The molecule has 4 aromatic rings. The number of hydrogen-bond donors (Lipinski definition) is 3. The number of rotatable bonds is 5. The number of nitrogens with zero attached hydrogens (tertiary/aromatic N) is 3. The lowest BCUT2D eigenvalue weighted by molar-refractivity contribution is -0.142. The molecule has 15 heteroatoms. The Bertz CT molecular complexity index is 1580. The molecule has 1 amide bonds. The molecule has 0 radical (unpaired) electrons. The van der Waals surface area contributed by atoms with Gasteiger partial charge in [-0.25, -0.2) is 19.1 Å². The maximum Gasteiger partial charge on any atom is 0.433 e. The Labute approximate surface area is 212 Å². The molecule has 3 N–H and O–H groups in total. The molecule has 0 fully saturated rings. The lowest BCUT2D eigenvalue weighted by atomic mass is 10.1. The zero-order chi connectivity index (χ0) is 26.5. The van der Waals surface area contributed by atoms with Crippen LogP contribution in [0.5, 0.6) is 0 Å². The van der Waals surface area contributed by atoms with Crippen molar-refractivity contribution in [2.24, 2.45) is 0 Å². The van der Waals surface area contributed by atoms with E-state index in [2.05, 4.69) is 15.4 Å². The predicted molar refractivity (Wildman–Crippen MR) is 124 cm³/mol. The van der Waals surface area contributed by atoms with Gasteiger partial charge in [-0.2, -0.15) is 18.3 Å². The molecule has 3 aromatic heterocycles. The number of fused-ring (bicyclic) bond motifs is 1. The third-order valence-electron chi connectivity index (χ3n) is 4.95. The van der Waals surface area contributed by atoms with Gasteiger partial charge in [-0.1, -0.05) is 29.3 Å². The number of carbonyl (C=O) groups is 3. The van der Waals surface area contributed by atoms with Crippen molar-refractivity contribution in [2.45, 2.75) is 13.1 Å². The molecule has 186 valence electrons. The van der Waals surface area contributed by atoms with E-state index in [0.29, 0.717) is 15.9 Å². The van der Waals surface area contributed by atoms with Gasteiger partial charge in [-0.15, -0.1) is 11.3 Å². The summed E-state index contributed by atoms with van der Waals surface area (Å²) in [5.74, 6) is -3.96. The van der Waals surface area contributed by atoms with Crippen molar-refractivity contribution in [3.8, 4) is 11.3 Å². The maximum absolute atomic E-state index is 13.8. The minimum Gasteiger partial charge on any atom is -0.478 e. The number of amides is 1. The minimum absolute atomic E-state index is 0.0856. The van der Waals surface area contributed by atoms with Crippen LogP contribution in [0, 0.1) is 6.92 Å². The molecule has 36 heavy (non-hydrogen) atoms. The highest BCUT2D eigenvalue weighted by atomic mass is 35.5. The topological polar surface area (TPSA) is 134 Å². The second kappa shape index (κ2) is 9.08. The monoisotopic (exact) mass is 558 g/mol. The standard InChI is InChI=1S/C21H11Cl2F3N4O5S/c1-7-15(19(32)33)18(36-16(7)20(34)35)28-17(31)12-6-14-27-11(8-2-3-9(22)10(23)4-8)5-13(21(24,25)26)30(14)29-12/h2-6H,1H3,(H,28,31)(H,32,33)(H,34,35). The Morgan fingerprint density at radius 2 is 1.75 bits per heavy atom. The number of carboxylic acids is 2. The second-order valence-electron chi connectivity index (χ2n) is 7.28. The first-order chi connectivity index (χ1) is 16.8. The van der Waals surface area contributed by atoms with Crippen LogP contribution in [0.3, 0.4) is 0 Å². The van der Waals surface area contributed by atoms with Crippen molar-refractivity contribution in [1.29, 1.82) is 0 Å².